The lowest BCUT2D eigenvalue weighted by molar-refractivity contribution is -0.145. The molecule has 2 heterocycles. The van der Waals surface area contributed by atoms with Crippen LogP contribution in [0.25, 0.3) is 11.2 Å². The Morgan fingerprint density at radius 3 is 1.46 bits per heavy atom. The molecule has 6 aromatic rings. The molecule has 4 aromatic carbocycles. The highest BCUT2D eigenvalue weighted by Crippen LogP contribution is 2.40. The number of aromatic nitrogens is 4. The van der Waals surface area contributed by atoms with E-state index in [2.05, 4.69) is 35.3 Å². The summed E-state index contributed by atoms with van der Waals surface area (Å²) in [6, 6.07) is 33.9. The third kappa shape index (κ3) is 22.3. The number of hydrogen-bond donors (Lipinski definition) is 6. The fourth-order valence-corrected chi connectivity index (χ4v) is 14.0. The molecule has 4 atom stereocenters. The maximum absolute atomic E-state index is 16.0. The van der Waals surface area contributed by atoms with Crippen molar-refractivity contribution in [2.24, 2.45) is 0 Å². The zero-order valence-corrected chi connectivity index (χ0v) is 49.6. The number of nitrogens with one attached hydrogen (secondary N) is 5. The summed E-state index contributed by atoms with van der Waals surface area (Å²) in [5.74, 6) is -2.29. The van der Waals surface area contributed by atoms with Gasteiger partial charge in [-0.1, -0.05) is 121 Å². The smallest absolute Gasteiger partial charge is 0.323 e. The number of nitrogens with zero attached hydrogens (tertiary/aromatic N) is 4. The number of fused-ring (bicyclic) bond motifs is 1. The molecule has 0 saturated carbocycles. The van der Waals surface area contributed by atoms with Crippen molar-refractivity contribution >= 4 is 55.9 Å². The highest BCUT2D eigenvalue weighted by atomic mass is 31.2. The lowest BCUT2D eigenvalue weighted by Gasteiger charge is -2.32. The highest BCUT2D eigenvalue weighted by Gasteiger charge is 2.36. The van der Waals surface area contributed by atoms with Gasteiger partial charge in [0.25, 0.3) is 5.56 Å². The van der Waals surface area contributed by atoms with E-state index >= 15 is 9.13 Å². The van der Waals surface area contributed by atoms with Crippen LogP contribution in [0.3, 0.4) is 0 Å². The van der Waals surface area contributed by atoms with Crippen LogP contribution in [-0.4, -0.2) is 144 Å². The van der Waals surface area contributed by atoms with Crippen molar-refractivity contribution in [2.45, 2.75) is 96.9 Å². The number of rotatable bonds is 38. The highest BCUT2D eigenvalue weighted by molar-refractivity contribution is 7.60. The fourth-order valence-electron chi connectivity index (χ4n) is 9.43. The zero-order valence-electron chi connectivity index (χ0n) is 47.8. The average Bonchev–Trinajstić information content (AvgIpc) is 4.10. The van der Waals surface area contributed by atoms with Crippen molar-refractivity contribution in [2.75, 3.05) is 77.3 Å². The molecule has 83 heavy (non-hydrogen) atoms. The molecule has 0 saturated heterocycles. The molecule has 0 fully saturated rings. The summed E-state index contributed by atoms with van der Waals surface area (Å²) in [5.41, 5.74) is 9.18. The van der Waals surface area contributed by atoms with Gasteiger partial charge in [-0.15, -0.1) is 0 Å². The van der Waals surface area contributed by atoms with Crippen LogP contribution in [0.5, 0.6) is 0 Å². The topological polar surface area (TPSA) is 290 Å². The van der Waals surface area contributed by atoms with Gasteiger partial charge in [0, 0.05) is 44.4 Å². The van der Waals surface area contributed by atoms with Crippen molar-refractivity contribution in [1.82, 2.24) is 44.8 Å². The normalized spacial score (nSPS) is 13.3. The molecule has 7 N–H and O–H groups in total. The molecule has 0 amide bonds. The van der Waals surface area contributed by atoms with Gasteiger partial charge in [0.05, 0.1) is 65.0 Å². The Hall–Kier alpha value is -6.87. The Morgan fingerprint density at radius 1 is 0.578 bits per heavy atom. The van der Waals surface area contributed by atoms with Crippen LogP contribution in [0.15, 0.2) is 132 Å². The Labute approximate surface area is 485 Å². The molecule has 0 spiro atoms. The second-order valence-corrected chi connectivity index (χ2v) is 24.6. The number of nitrogens with two attached hydrogens (primary N) is 1. The first kappa shape index (κ1) is 65.3. The molecule has 2 aromatic heterocycles. The van der Waals surface area contributed by atoms with Gasteiger partial charge in [-0.3, -0.25) is 53.2 Å². The van der Waals surface area contributed by atoms with E-state index in [0.29, 0.717) is 12.8 Å². The second-order valence-electron chi connectivity index (χ2n) is 19.7. The van der Waals surface area contributed by atoms with Gasteiger partial charge in [0.15, 0.2) is 11.2 Å². The first-order chi connectivity index (χ1) is 40.1. The molecule has 0 aliphatic carbocycles. The molecule has 0 radical (unpaired) electrons. The number of nitrogen functional groups attached to an aromatic ring is 1. The third-order valence-corrected chi connectivity index (χ3v) is 18.0. The first-order valence-electron chi connectivity index (χ1n) is 28.2. The molecule has 24 heteroatoms. The number of aromatic amines is 1. The Balaban J connectivity index is 1.30. The van der Waals surface area contributed by atoms with Crippen molar-refractivity contribution in [3.05, 3.63) is 160 Å². The Kier molecular flexibility index (Phi) is 26.8. The summed E-state index contributed by atoms with van der Waals surface area (Å²) in [6.45, 7) is 8.10. The number of hydrogen-bond acceptors (Lipinski definition) is 16. The maximum Gasteiger partial charge on any atom is 0.323 e. The summed E-state index contributed by atoms with van der Waals surface area (Å²) in [5, 5.41) is 12.9. The molecule has 0 bridgehead atoms. The van der Waals surface area contributed by atoms with Gasteiger partial charge in [-0.05, 0) is 75.6 Å². The number of benzene rings is 4. The second kappa shape index (κ2) is 34.0. The summed E-state index contributed by atoms with van der Waals surface area (Å²) in [7, 11) is -7.80. The average molecular weight is 1180 g/mol. The Bertz CT molecular complexity index is 2960. The van der Waals surface area contributed by atoms with Gasteiger partial charge in [0.2, 0.25) is 20.8 Å². The molecular weight excluding hydrogens is 1100 g/mol. The van der Waals surface area contributed by atoms with E-state index < -0.39 is 68.5 Å². The van der Waals surface area contributed by atoms with E-state index in [0.717, 1.165) is 22.3 Å². The number of ether oxygens (including phenoxy) is 5. The lowest BCUT2D eigenvalue weighted by Crippen LogP contribution is -2.46. The van der Waals surface area contributed by atoms with Crippen LogP contribution >= 0.6 is 14.9 Å². The van der Waals surface area contributed by atoms with Gasteiger partial charge < -0.3 is 34.0 Å². The molecule has 0 aliphatic heterocycles. The molecular formula is C59H80N10O12P2. The SMILES string of the molecule is CCOC(=O)C[C@H](Cc1ccccc1)NP(=O)(CCN(CCOCCP(=O)(N[C@@H](Cc1ccccc1)C(=O)OCC)N[C@@H](Cc1ccccc1)C(=O)OCC)CCn1cnc2c(=O)[nH]c(N)nc21)N[C@H](CC(=O)OCC)Cc1ccccc1. The molecule has 448 valence electrons. The van der Waals surface area contributed by atoms with Gasteiger partial charge in [-0.25, -0.2) is 15.2 Å². The predicted molar refractivity (Wildman–Crippen MR) is 319 cm³/mol. The largest absolute Gasteiger partial charge is 0.466 e. The summed E-state index contributed by atoms with van der Waals surface area (Å²) in [4.78, 5) is 79.7. The monoisotopic (exact) mass is 1180 g/mol. The summed E-state index contributed by atoms with van der Waals surface area (Å²) < 4.78 is 61.2. The van der Waals surface area contributed by atoms with Crippen LogP contribution in [-0.2, 0) is 84.2 Å². The number of esters is 4. The van der Waals surface area contributed by atoms with Gasteiger partial charge >= 0.3 is 23.9 Å². The van der Waals surface area contributed by atoms with Crippen LogP contribution in [0, 0.1) is 0 Å². The minimum absolute atomic E-state index is 0.0266. The predicted octanol–water partition coefficient (Wildman–Crippen LogP) is 6.24. The van der Waals surface area contributed by atoms with E-state index in [1.807, 2.05) is 126 Å². The standard InChI is InChI=1S/C59H80N10O12P2/c1-5-78-52(70)41-48(37-44-21-13-9-14-22-44)64-82(75,65-49(42-53(71)79-6-2)38-45-23-15-10-16-24-45)35-32-68(29-30-69-43-61-54-55(69)62-59(60)63-56(54)72)31-33-77-34-36-83(76,66-50(57(73)80-7-3)39-46-25-17-11-18-26-46)67-51(58(74)81-8-4)40-47-27-19-12-20-28-47/h9-28,43,48-51H,5-8,29-42H2,1-4H3,(H2,64,65,75)(H2,66,67,76)(H3,60,62,63,72)/t48-,49-,50-,51-/m0/s1. The minimum atomic E-state index is -3.96. The molecule has 0 aliphatic rings. The van der Waals surface area contributed by atoms with Crippen molar-refractivity contribution in [1.29, 1.82) is 0 Å². The van der Waals surface area contributed by atoms with Crippen LogP contribution in [0.1, 0.15) is 62.8 Å². The third-order valence-electron chi connectivity index (χ3n) is 13.3. The number of carbonyl (C=O) groups is 4. The first-order valence-corrected chi connectivity index (χ1v) is 32.0. The summed E-state index contributed by atoms with van der Waals surface area (Å²) >= 11 is 0. The molecule has 6 rings (SSSR count). The quantitative estimate of drug-likeness (QED) is 0.0108. The van der Waals surface area contributed by atoms with E-state index in [-0.39, 0.29) is 121 Å². The Morgan fingerprint density at radius 2 is 1.01 bits per heavy atom. The fraction of sp³-hybridized carbons (Fsp3) is 0.441. The maximum atomic E-state index is 16.0. The van der Waals surface area contributed by atoms with E-state index in [1.54, 1.807) is 32.3 Å². The van der Waals surface area contributed by atoms with E-state index in [1.165, 1.54) is 6.33 Å². The van der Waals surface area contributed by atoms with E-state index in [4.69, 9.17) is 29.4 Å². The van der Waals surface area contributed by atoms with Crippen LogP contribution in [0.4, 0.5) is 5.95 Å². The summed E-state index contributed by atoms with van der Waals surface area (Å²) in [6.07, 6.45) is 1.97. The van der Waals surface area contributed by atoms with Gasteiger partial charge in [-0.2, -0.15) is 4.98 Å². The number of anilines is 1. The van der Waals surface area contributed by atoms with Gasteiger partial charge in [0.1, 0.15) is 12.1 Å². The van der Waals surface area contributed by atoms with Crippen molar-refractivity contribution in [3.8, 4) is 0 Å². The lowest BCUT2D eigenvalue weighted by atomic mass is 10.0. The van der Waals surface area contributed by atoms with Crippen LogP contribution in [0.2, 0.25) is 0 Å². The van der Waals surface area contributed by atoms with E-state index in [9.17, 15) is 24.0 Å². The number of carbonyl (C=O) groups excluding carboxylic acids is 4. The van der Waals surface area contributed by atoms with Crippen molar-refractivity contribution in [3.63, 3.8) is 0 Å². The number of H-pyrrole nitrogens is 1. The number of imidazole rings is 1. The molecule has 22 nitrogen and oxygen atoms in total. The zero-order chi connectivity index (χ0) is 59.5. The minimum Gasteiger partial charge on any atom is -0.466 e. The van der Waals surface area contributed by atoms with Crippen molar-refractivity contribution < 1.29 is 52.0 Å². The molecule has 0 unspecified atom stereocenters. The van der Waals surface area contributed by atoms with Crippen LogP contribution < -0.4 is 31.6 Å².